The second-order valence-corrected chi connectivity index (χ2v) is 3.98. The summed E-state index contributed by atoms with van der Waals surface area (Å²) in [6.45, 7) is 1.70. The van der Waals surface area contributed by atoms with E-state index < -0.39 is 11.9 Å². The molecule has 0 fully saturated rings. The molecule has 2 rings (SSSR count). The van der Waals surface area contributed by atoms with E-state index >= 15 is 0 Å². The molecule has 1 heterocycles. The molecule has 0 bridgehead atoms. The van der Waals surface area contributed by atoms with Crippen LogP contribution in [-0.2, 0) is 11.2 Å². The van der Waals surface area contributed by atoms with Crippen molar-refractivity contribution in [1.82, 2.24) is 0 Å². The first-order valence-corrected chi connectivity index (χ1v) is 5.47. The molecule has 1 aliphatic heterocycles. The molecule has 1 aromatic rings. The SMILES string of the molecule is CCC(=O)Nc1ccc2c(c1)CC(C(F)(F)F)=N2. The molecule has 1 aliphatic rings. The van der Waals surface area contributed by atoms with E-state index in [1.165, 1.54) is 12.1 Å². The fraction of sp³-hybridized carbons (Fsp3) is 0.333. The van der Waals surface area contributed by atoms with Gasteiger partial charge in [-0.3, -0.25) is 4.79 Å². The number of halogens is 3. The molecule has 0 saturated heterocycles. The number of alkyl halides is 3. The number of fused-ring (bicyclic) bond motifs is 1. The van der Waals surface area contributed by atoms with Crippen LogP contribution >= 0.6 is 0 Å². The molecule has 96 valence electrons. The van der Waals surface area contributed by atoms with Gasteiger partial charge in [0.25, 0.3) is 0 Å². The van der Waals surface area contributed by atoms with Gasteiger partial charge in [-0.05, 0) is 23.8 Å². The zero-order chi connectivity index (χ0) is 13.3. The van der Waals surface area contributed by atoms with Crippen LogP contribution in [0.4, 0.5) is 24.5 Å². The summed E-state index contributed by atoms with van der Waals surface area (Å²) in [5.41, 5.74) is 0.503. The van der Waals surface area contributed by atoms with E-state index in [1.54, 1.807) is 13.0 Å². The minimum Gasteiger partial charge on any atom is -0.326 e. The molecule has 1 amide bonds. The molecule has 6 heteroatoms. The summed E-state index contributed by atoms with van der Waals surface area (Å²) in [7, 11) is 0. The highest BCUT2D eigenvalue weighted by molar-refractivity contribution is 5.99. The van der Waals surface area contributed by atoms with Gasteiger partial charge in [-0.25, -0.2) is 4.99 Å². The maximum atomic E-state index is 12.5. The lowest BCUT2D eigenvalue weighted by Gasteiger charge is -2.06. The minimum atomic E-state index is -4.40. The van der Waals surface area contributed by atoms with Gasteiger partial charge < -0.3 is 5.32 Å². The van der Waals surface area contributed by atoms with Crippen molar-refractivity contribution in [1.29, 1.82) is 0 Å². The summed E-state index contributed by atoms with van der Waals surface area (Å²) in [6, 6.07) is 4.57. The second-order valence-electron chi connectivity index (χ2n) is 3.98. The molecule has 1 aromatic carbocycles. The van der Waals surface area contributed by atoms with Crippen LogP contribution < -0.4 is 5.32 Å². The fourth-order valence-corrected chi connectivity index (χ4v) is 1.69. The van der Waals surface area contributed by atoms with E-state index in [0.29, 0.717) is 23.4 Å². The number of carbonyl (C=O) groups excluding carboxylic acids is 1. The summed E-state index contributed by atoms with van der Waals surface area (Å²) in [6.07, 6.45) is -4.32. The molecule has 3 nitrogen and oxygen atoms in total. The topological polar surface area (TPSA) is 41.5 Å². The number of hydrogen-bond acceptors (Lipinski definition) is 2. The molecule has 1 N–H and O–H groups in total. The standard InChI is InChI=1S/C12H11F3N2O/c1-2-11(18)16-8-3-4-9-7(5-8)6-10(17-9)12(13,14)15/h3-5H,2,6H2,1H3,(H,16,18). The Morgan fingerprint density at radius 3 is 2.78 bits per heavy atom. The lowest BCUT2D eigenvalue weighted by molar-refractivity contribution is -0.115. The van der Waals surface area contributed by atoms with Crippen molar-refractivity contribution < 1.29 is 18.0 Å². The highest BCUT2D eigenvalue weighted by Gasteiger charge is 2.38. The monoisotopic (exact) mass is 256 g/mol. The summed E-state index contributed by atoms with van der Waals surface area (Å²) < 4.78 is 37.5. The number of aliphatic imine (C=N–C) groups is 1. The number of carbonyl (C=O) groups is 1. The van der Waals surface area contributed by atoms with Crippen LogP contribution in [0.1, 0.15) is 18.9 Å². The van der Waals surface area contributed by atoms with Crippen molar-refractivity contribution in [3.63, 3.8) is 0 Å². The summed E-state index contributed by atoms with van der Waals surface area (Å²) in [5.74, 6) is -0.176. The minimum absolute atomic E-state index is 0.176. The zero-order valence-corrected chi connectivity index (χ0v) is 9.64. The Balaban J connectivity index is 2.19. The third-order valence-electron chi connectivity index (χ3n) is 2.62. The van der Waals surface area contributed by atoms with Gasteiger partial charge in [0.15, 0.2) is 0 Å². The lowest BCUT2D eigenvalue weighted by atomic mass is 10.1. The van der Waals surface area contributed by atoms with E-state index in [9.17, 15) is 18.0 Å². The summed E-state index contributed by atoms with van der Waals surface area (Å²) in [5, 5.41) is 2.60. The Morgan fingerprint density at radius 2 is 2.17 bits per heavy atom. The lowest BCUT2D eigenvalue weighted by Crippen LogP contribution is -2.22. The molecule has 0 radical (unpaired) electrons. The van der Waals surface area contributed by atoms with Gasteiger partial charge in [0.05, 0.1) is 5.69 Å². The van der Waals surface area contributed by atoms with Crippen molar-refractivity contribution in [3.8, 4) is 0 Å². The van der Waals surface area contributed by atoms with E-state index in [-0.39, 0.29) is 12.3 Å². The van der Waals surface area contributed by atoms with Gasteiger partial charge in [-0.15, -0.1) is 0 Å². The van der Waals surface area contributed by atoms with Crippen LogP contribution in [0.15, 0.2) is 23.2 Å². The van der Waals surface area contributed by atoms with Crippen LogP contribution in [0.5, 0.6) is 0 Å². The Hall–Kier alpha value is -1.85. The van der Waals surface area contributed by atoms with Gasteiger partial charge in [0.2, 0.25) is 5.91 Å². The number of amides is 1. The molecule has 0 spiro atoms. The van der Waals surface area contributed by atoms with Crippen molar-refractivity contribution >= 4 is 23.0 Å². The molecule has 18 heavy (non-hydrogen) atoms. The van der Waals surface area contributed by atoms with Crippen molar-refractivity contribution in [2.45, 2.75) is 25.9 Å². The largest absolute Gasteiger partial charge is 0.429 e. The third-order valence-corrected chi connectivity index (χ3v) is 2.62. The fourth-order valence-electron chi connectivity index (χ4n) is 1.69. The van der Waals surface area contributed by atoms with Crippen LogP contribution in [0.25, 0.3) is 0 Å². The molecule has 0 saturated carbocycles. The van der Waals surface area contributed by atoms with Crippen molar-refractivity contribution in [2.75, 3.05) is 5.32 Å². The highest BCUT2D eigenvalue weighted by atomic mass is 19.4. The van der Waals surface area contributed by atoms with E-state index in [1.807, 2.05) is 0 Å². The second kappa shape index (κ2) is 4.44. The highest BCUT2D eigenvalue weighted by Crippen LogP contribution is 2.34. The summed E-state index contributed by atoms with van der Waals surface area (Å²) >= 11 is 0. The molecule has 0 aliphatic carbocycles. The first kappa shape index (κ1) is 12.6. The molecular formula is C12H11F3N2O. The van der Waals surface area contributed by atoms with Crippen LogP contribution in [0.3, 0.4) is 0 Å². The Bertz CT molecular complexity index is 521. The van der Waals surface area contributed by atoms with E-state index in [4.69, 9.17) is 0 Å². The van der Waals surface area contributed by atoms with E-state index in [0.717, 1.165) is 0 Å². The Kier molecular flexibility index (Phi) is 3.11. The average Bonchev–Trinajstić information content (AvgIpc) is 2.71. The predicted molar refractivity (Wildman–Crippen MR) is 62.2 cm³/mol. The van der Waals surface area contributed by atoms with Crippen LogP contribution in [0, 0.1) is 0 Å². The number of benzene rings is 1. The quantitative estimate of drug-likeness (QED) is 0.867. The first-order chi connectivity index (χ1) is 8.40. The molecular weight excluding hydrogens is 245 g/mol. The third kappa shape index (κ3) is 2.52. The van der Waals surface area contributed by atoms with Crippen molar-refractivity contribution in [2.24, 2.45) is 4.99 Å². The number of anilines is 1. The average molecular weight is 256 g/mol. The zero-order valence-electron chi connectivity index (χ0n) is 9.64. The number of hydrogen-bond donors (Lipinski definition) is 1. The van der Waals surface area contributed by atoms with Gasteiger partial charge in [-0.1, -0.05) is 6.92 Å². The molecule has 0 aromatic heterocycles. The summed E-state index contributed by atoms with van der Waals surface area (Å²) in [4.78, 5) is 14.7. The van der Waals surface area contributed by atoms with Crippen LogP contribution in [-0.4, -0.2) is 17.8 Å². The number of nitrogens with zero attached hydrogens (tertiary/aromatic N) is 1. The maximum Gasteiger partial charge on any atom is 0.429 e. The molecule has 0 atom stereocenters. The normalized spacial score (nSPS) is 14.1. The van der Waals surface area contributed by atoms with Gasteiger partial charge >= 0.3 is 6.18 Å². The van der Waals surface area contributed by atoms with E-state index in [2.05, 4.69) is 10.3 Å². The van der Waals surface area contributed by atoms with Crippen LogP contribution in [0.2, 0.25) is 0 Å². The smallest absolute Gasteiger partial charge is 0.326 e. The van der Waals surface area contributed by atoms with Gasteiger partial charge in [0, 0.05) is 18.5 Å². The Morgan fingerprint density at radius 1 is 1.44 bits per heavy atom. The molecule has 0 unspecified atom stereocenters. The predicted octanol–water partition coefficient (Wildman–Crippen LogP) is 3.23. The van der Waals surface area contributed by atoms with Gasteiger partial charge in [-0.2, -0.15) is 13.2 Å². The number of rotatable bonds is 2. The first-order valence-electron chi connectivity index (χ1n) is 5.47. The maximum absolute atomic E-state index is 12.5. The Labute approximate surface area is 102 Å². The number of nitrogens with one attached hydrogen (secondary N) is 1. The van der Waals surface area contributed by atoms with Crippen molar-refractivity contribution in [3.05, 3.63) is 23.8 Å². The van der Waals surface area contributed by atoms with Gasteiger partial charge in [0.1, 0.15) is 5.71 Å².